The number of ether oxygens (including phenoxy) is 1. The SMILES string of the molecule is CCNC(=O)[C@@H](C)OC(=O)c1cccc(S(=O)(=O)N2CCN(C(C)=O)CC2)c1. The molecule has 0 unspecified atom stereocenters. The molecule has 1 atom stereocenters. The van der Waals surface area contributed by atoms with Crippen LogP contribution in [0.15, 0.2) is 29.2 Å². The van der Waals surface area contributed by atoms with Crippen molar-refractivity contribution in [3.63, 3.8) is 0 Å². The average Bonchev–Trinajstić information content (AvgIpc) is 2.68. The van der Waals surface area contributed by atoms with Crippen molar-refractivity contribution in [1.82, 2.24) is 14.5 Å². The standard InChI is InChI=1S/C18H25N3O6S/c1-4-19-17(23)13(2)27-18(24)15-6-5-7-16(12-15)28(25,26)21-10-8-20(9-11-21)14(3)22/h5-7,12-13H,4,8-11H2,1-3H3,(H,19,23)/t13-/m1/s1. The van der Waals surface area contributed by atoms with Crippen molar-refractivity contribution in [2.75, 3.05) is 32.7 Å². The number of rotatable bonds is 6. The predicted molar refractivity (Wildman–Crippen MR) is 101 cm³/mol. The predicted octanol–water partition coefficient (Wildman–Crippen LogP) is 0.221. The van der Waals surface area contributed by atoms with Crippen molar-refractivity contribution in [3.05, 3.63) is 29.8 Å². The van der Waals surface area contributed by atoms with Crippen LogP contribution in [-0.2, 0) is 24.3 Å². The summed E-state index contributed by atoms with van der Waals surface area (Å²) in [7, 11) is -3.81. The minimum absolute atomic E-state index is 0.0381. The maximum absolute atomic E-state index is 12.9. The minimum Gasteiger partial charge on any atom is -0.449 e. The first kappa shape index (κ1) is 21.8. The maximum Gasteiger partial charge on any atom is 0.338 e. The number of piperazine rings is 1. The second-order valence-corrected chi connectivity index (χ2v) is 8.32. The van der Waals surface area contributed by atoms with E-state index in [9.17, 15) is 22.8 Å². The molecule has 2 amide bonds. The number of nitrogens with zero attached hydrogens (tertiary/aromatic N) is 2. The second-order valence-electron chi connectivity index (χ2n) is 6.38. The van der Waals surface area contributed by atoms with Crippen LogP contribution in [0.1, 0.15) is 31.1 Å². The molecular weight excluding hydrogens is 386 g/mol. The third-order valence-corrected chi connectivity index (χ3v) is 6.29. The van der Waals surface area contributed by atoms with E-state index < -0.39 is 28.0 Å². The van der Waals surface area contributed by atoms with Gasteiger partial charge in [-0.25, -0.2) is 13.2 Å². The minimum atomic E-state index is -3.81. The number of benzene rings is 1. The van der Waals surface area contributed by atoms with Crippen molar-refractivity contribution in [2.45, 2.75) is 31.8 Å². The van der Waals surface area contributed by atoms with Crippen LogP contribution in [0, 0.1) is 0 Å². The molecule has 0 radical (unpaired) electrons. The summed E-state index contributed by atoms with van der Waals surface area (Å²) in [4.78, 5) is 36.9. The fraction of sp³-hybridized carbons (Fsp3) is 0.500. The number of carbonyl (C=O) groups is 3. The van der Waals surface area contributed by atoms with E-state index in [1.165, 1.54) is 42.4 Å². The van der Waals surface area contributed by atoms with E-state index in [-0.39, 0.29) is 29.5 Å². The zero-order valence-electron chi connectivity index (χ0n) is 16.2. The largest absolute Gasteiger partial charge is 0.449 e. The normalized spacial score (nSPS) is 16.3. The Kier molecular flexibility index (Phi) is 7.14. The van der Waals surface area contributed by atoms with Gasteiger partial charge in [0.15, 0.2) is 6.10 Å². The van der Waals surface area contributed by atoms with Gasteiger partial charge in [0, 0.05) is 39.6 Å². The van der Waals surface area contributed by atoms with Crippen molar-refractivity contribution < 1.29 is 27.5 Å². The van der Waals surface area contributed by atoms with Crippen LogP contribution < -0.4 is 5.32 Å². The van der Waals surface area contributed by atoms with Gasteiger partial charge < -0.3 is 15.0 Å². The summed E-state index contributed by atoms with van der Waals surface area (Å²) in [6, 6.07) is 5.52. The molecule has 1 aliphatic rings. The Labute approximate surface area is 164 Å². The van der Waals surface area contributed by atoms with Crippen LogP contribution in [0.3, 0.4) is 0 Å². The molecular formula is C18H25N3O6S. The molecule has 0 aromatic heterocycles. The smallest absolute Gasteiger partial charge is 0.338 e. The number of esters is 1. The summed E-state index contributed by atoms with van der Waals surface area (Å²) in [5.41, 5.74) is 0.0413. The molecule has 1 aromatic carbocycles. The Morgan fingerprint density at radius 2 is 1.82 bits per heavy atom. The summed E-state index contributed by atoms with van der Waals surface area (Å²) in [5.74, 6) is -1.30. The van der Waals surface area contributed by atoms with Gasteiger partial charge in [-0.05, 0) is 32.0 Å². The lowest BCUT2D eigenvalue weighted by atomic mass is 10.2. The Balaban J connectivity index is 2.12. The van der Waals surface area contributed by atoms with Gasteiger partial charge in [-0.3, -0.25) is 9.59 Å². The van der Waals surface area contributed by atoms with Crippen molar-refractivity contribution in [3.8, 4) is 0 Å². The lowest BCUT2D eigenvalue weighted by molar-refractivity contribution is -0.130. The Morgan fingerprint density at radius 3 is 2.39 bits per heavy atom. The number of likely N-dealkylation sites (N-methyl/N-ethyl adjacent to an activating group) is 1. The van der Waals surface area contributed by atoms with Crippen molar-refractivity contribution >= 4 is 27.8 Å². The molecule has 154 valence electrons. The summed E-state index contributed by atoms with van der Waals surface area (Å²) in [6.07, 6.45) is -0.993. The highest BCUT2D eigenvalue weighted by atomic mass is 32.2. The average molecular weight is 411 g/mol. The van der Waals surface area contributed by atoms with E-state index in [0.29, 0.717) is 19.6 Å². The van der Waals surface area contributed by atoms with Gasteiger partial charge in [0.1, 0.15) is 0 Å². The molecule has 1 heterocycles. The molecule has 0 bridgehead atoms. The molecule has 1 aromatic rings. The maximum atomic E-state index is 12.9. The number of hydrogen-bond acceptors (Lipinski definition) is 6. The molecule has 1 saturated heterocycles. The van der Waals surface area contributed by atoms with E-state index in [4.69, 9.17) is 4.74 Å². The van der Waals surface area contributed by atoms with Crippen LogP contribution >= 0.6 is 0 Å². The number of hydrogen-bond donors (Lipinski definition) is 1. The molecule has 9 nitrogen and oxygen atoms in total. The highest BCUT2D eigenvalue weighted by Crippen LogP contribution is 2.19. The quantitative estimate of drug-likeness (QED) is 0.670. The second kappa shape index (κ2) is 9.16. The van der Waals surface area contributed by atoms with E-state index in [1.54, 1.807) is 11.8 Å². The van der Waals surface area contributed by atoms with Crippen molar-refractivity contribution in [1.29, 1.82) is 0 Å². The van der Waals surface area contributed by atoms with E-state index >= 15 is 0 Å². The first-order valence-corrected chi connectivity index (χ1v) is 10.4. The number of carbonyl (C=O) groups excluding carboxylic acids is 3. The van der Waals surface area contributed by atoms with Gasteiger partial charge >= 0.3 is 5.97 Å². The summed E-state index contributed by atoms with van der Waals surface area (Å²) >= 11 is 0. The molecule has 1 aliphatic heterocycles. The number of nitrogens with one attached hydrogen (secondary N) is 1. The fourth-order valence-electron chi connectivity index (χ4n) is 2.78. The van der Waals surface area contributed by atoms with Crippen LogP contribution in [0.5, 0.6) is 0 Å². The van der Waals surface area contributed by atoms with Gasteiger partial charge in [0.25, 0.3) is 5.91 Å². The lowest BCUT2D eigenvalue weighted by Crippen LogP contribution is -2.49. The highest BCUT2D eigenvalue weighted by Gasteiger charge is 2.30. The van der Waals surface area contributed by atoms with Gasteiger partial charge in [-0.1, -0.05) is 6.07 Å². The van der Waals surface area contributed by atoms with Crippen molar-refractivity contribution in [2.24, 2.45) is 0 Å². The van der Waals surface area contributed by atoms with Crippen LogP contribution in [0.4, 0.5) is 0 Å². The highest BCUT2D eigenvalue weighted by molar-refractivity contribution is 7.89. The molecule has 2 rings (SSSR count). The molecule has 10 heteroatoms. The summed E-state index contributed by atoms with van der Waals surface area (Å²) in [6.45, 7) is 6.05. The summed E-state index contributed by atoms with van der Waals surface area (Å²) in [5, 5.41) is 2.55. The topological polar surface area (TPSA) is 113 Å². The Morgan fingerprint density at radius 1 is 1.18 bits per heavy atom. The molecule has 28 heavy (non-hydrogen) atoms. The molecule has 0 saturated carbocycles. The molecule has 1 fully saturated rings. The third-order valence-electron chi connectivity index (χ3n) is 4.40. The van der Waals surface area contributed by atoms with Crippen LogP contribution in [-0.4, -0.2) is 74.2 Å². The van der Waals surface area contributed by atoms with Gasteiger partial charge in [-0.15, -0.1) is 0 Å². The Hall–Kier alpha value is -2.46. The van der Waals surface area contributed by atoms with E-state index in [0.717, 1.165) is 0 Å². The summed E-state index contributed by atoms with van der Waals surface area (Å²) < 4.78 is 32.1. The first-order chi connectivity index (χ1) is 13.2. The molecule has 0 aliphatic carbocycles. The van der Waals surface area contributed by atoms with E-state index in [2.05, 4.69) is 5.32 Å². The molecule has 0 spiro atoms. The van der Waals surface area contributed by atoms with E-state index in [1.807, 2.05) is 0 Å². The third kappa shape index (κ3) is 5.08. The fourth-order valence-corrected chi connectivity index (χ4v) is 4.24. The Bertz CT molecular complexity index is 847. The van der Waals surface area contributed by atoms with Crippen LogP contribution in [0.25, 0.3) is 0 Å². The monoisotopic (exact) mass is 411 g/mol. The van der Waals surface area contributed by atoms with Gasteiger partial charge in [0.05, 0.1) is 10.5 Å². The molecule has 1 N–H and O–H groups in total. The lowest BCUT2D eigenvalue weighted by Gasteiger charge is -2.33. The zero-order chi connectivity index (χ0) is 20.9. The van der Waals surface area contributed by atoms with Gasteiger partial charge in [0.2, 0.25) is 15.9 Å². The first-order valence-electron chi connectivity index (χ1n) is 9.01. The number of amides is 2. The zero-order valence-corrected chi connectivity index (χ0v) is 17.0. The van der Waals surface area contributed by atoms with Gasteiger partial charge in [-0.2, -0.15) is 4.31 Å². The van der Waals surface area contributed by atoms with Crippen LogP contribution in [0.2, 0.25) is 0 Å². The number of sulfonamides is 1.